The van der Waals surface area contributed by atoms with Crippen molar-refractivity contribution in [2.75, 3.05) is 11.4 Å². The number of para-hydroxylation sites is 1. The van der Waals surface area contributed by atoms with Crippen LogP contribution >= 0.6 is 0 Å². The van der Waals surface area contributed by atoms with E-state index in [0.29, 0.717) is 12.8 Å². The quantitative estimate of drug-likeness (QED) is 0.863. The molecule has 3 rings (SSSR count). The maximum absolute atomic E-state index is 12.2. The molecule has 0 atom stereocenters. The Morgan fingerprint density at radius 2 is 1.67 bits per heavy atom. The van der Waals surface area contributed by atoms with E-state index in [1.54, 1.807) is 4.90 Å². The van der Waals surface area contributed by atoms with Gasteiger partial charge >= 0.3 is 0 Å². The fourth-order valence-corrected chi connectivity index (χ4v) is 2.73. The molecule has 0 N–H and O–H groups in total. The van der Waals surface area contributed by atoms with Crippen molar-refractivity contribution >= 4 is 17.4 Å². The summed E-state index contributed by atoms with van der Waals surface area (Å²) in [6.45, 7) is 0.157. The molecule has 0 spiro atoms. The second-order valence-corrected chi connectivity index (χ2v) is 5.31. The molecule has 106 valence electrons. The van der Waals surface area contributed by atoms with Crippen molar-refractivity contribution in [3.05, 3.63) is 65.7 Å². The van der Waals surface area contributed by atoms with E-state index in [2.05, 4.69) is 0 Å². The largest absolute Gasteiger partial charge is 0.305 e. The van der Waals surface area contributed by atoms with Gasteiger partial charge in [0.2, 0.25) is 5.91 Å². The summed E-state index contributed by atoms with van der Waals surface area (Å²) < 4.78 is 0. The molecule has 0 fully saturated rings. The minimum atomic E-state index is 0.0371. The fraction of sp³-hybridized carbons (Fsp3) is 0.222. The van der Waals surface area contributed by atoms with Crippen LogP contribution in [0.3, 0.4) is 0 Å². The lowest BCUT2D eigenvalue weighted by molar-refractivity contribution is -0.122. The van der Waals surface area contributed by atoms with E-state index in [0.717, 1.165) is 23.2 Å². The Bertz CT molecular complexity index is 664. The number of fused-ring (bicyclic) bond motifs is 1. The van der Waals surface area contributed by atoms with Crippen LogP contribution in [0.15, 0.2) is 54.6 Å². The predicted octanol–water partition coefficient (Wildman–Crippen LogP) is 2.78. The first-order valence-corrected chi connectivity index (χ1v) is 7.18. The van der Waals surface area contributed by atoms with Crippen molar-refractivity contribution in [1.82, 2.24) is 0 Å². The van der Waals surface area contributed by atoms with Gasteiger partial charge in [-0.3, -0.25) is 9.59 Å². The van der Waals surface area contributed by atoms with E-state index in [4.69, 9.17) is 0 Å². The number of nitrogens with zero attached hydrogens (tertiary/aromatic N) is 1. The van der Waals surface area contributed by atoms with Crippen molar-refractivity contribution < 1.29 is 9.59 Å². The van der Waals surface area contributed by atoms with Crippen molar-refractivity contribution in [3.63, 3.8) is 0 Å². The summed E-state index contributed by atoms with van der Waals surface area (Å²) in [6.07, 6.45) is 1.61. The number of benzene rings is 2. The summed E-state index contributed by atoms with van der Waals surface area (Å²) in [5.74, 6) is 0.0985. The molecule has 2 aromatic carbocycles. The lowest BCUT2D eigenvalue weighted by Gasteiger charge is -2.28. The summed E-state index contributed by atoms with van der Waals surface area (Å²) in [4.78, 5) is 26.0. The first-order valence-electron chi connectivity index (χ1n) is 7.18. The van der Waals surface area contributed by atoms with E-state index >= 15 is 0 Å². The Hall–Kier alpha value is -2.42. The van der Waals surface area contributed by atoms with Crippen LogP contribution in [-0.4, -0.2) is 18.2 Å². The number of ketones is 1. The average molecular weight is 279 g/mol. The molecule has 0 saturated heterocycles. The first-order chi connectivity index (χ1) is 10.2. The number of anilines is 1. The van der Waals surface area contributed by atoms with Gasteiger partial charge < -0.3 is 4.90 Å². The van der Waals surface area contributed by atoms with Crippen LogP contribution in [0.1, 0.15) is 17.5 Å². The van der Waals surface area contributed by atoms with Gasteiger partial charge in [0.1, 0.15) is 0 Å². The molecule has 1 heterocycles. The van der Waals surface area contributed by atoms with Gasteiger partial charge in [-0.2, -0.15) is 0 Å². The molecule has 0 radical (unpaired) electrons. The van der Waals surface area contributed by atoms with E-state index in [9.17, 15) is 9.59 Å². The smallest absolute Gasteiger partial charge is 0.227 e. The number of rotatable bonds is 4. The van der Waals surface area contributed by atoms with Gasteiger partial charge in [-0.05, 0) is 23.6 Å². The van der Waals surface area contributed by atoms with Crippen molar-refractivity contribution in [2.24, 2.45) is 0 Å². The van der Waals surface area contributed by atoms with Crippen LogP contribution in [0.4, 0.5) is 5.69 Å². The molecule has 0 aliphatic carbocycles. The van der Waals surface area contributed by atoms with Crippen molar-refractivity contribution in [1.29, 1.82) is 0 Å². The number of aryl methyl sites for hydroxylation is 1. The second-order valence-electron chi connectivity index (χ2n) is 5.31. The summed E-state index contributed by atoms with van der Waals surface area (Å²) >= 11 is 0. The molecule has 1 aliphatic heterocycles. The number of amides is 1. The van der Waals surface area contributed by atoms with Crippen molar-refractivity contribution in [2.45, 2.75) is 19.3 Å². The summed E-state index contributed by atoms with van der Waals surface area (Å²) in [6, 6.07) is 17.5. The summed E-state index contributed by atoms with van der Waals surface area (Å²) in [5, 5.41) is 0. The SMILES string of the molecule is O=C(Cc1ccccc1)CN1C(=O)CCc2ccccc21. The molecular formula is C18H17NO2. The Kier molecular flexibility index (Phi) is 3.82. The molecule has 1 amide bonds. The van der Waals surface area contributed by atoms with Gasteiger partial charge in [0, 0.05) is 18.5 Å². The van der Waals surface area contributed by atoms with Crippen LogP contribution in [0.2, 0.25) is 0 Å². The number of carbonyl (C=O) groups excluding carboxylic acids is 2. The van der Waals surface area contributed by atoms with Gasteiger partial charge in [0.05, 0.1) is 6.54 Å². The van der Waals surface area contributed by atoms with Crippen LogP contribution in [-0.2, 0) is 22.4 Å². The van der Waals surface area contributed by atoms with Crippen LogP contribution in [0, 0.1) is 0 Å². The summed E-state index contributed by atoms with van der Waals surface area (Å²) in [5.41, 5.74) is 3.01. The van der Waals surface area contributed by atoms with Crippen LogP contribution in [0.5, 0.6) is 0 Å². The Labute approximate surface area is 124 Å². The van der Waals surface area contributed by atoms with Gasteiger partial charge in [-0.15, -0.1) is 0 Å². The molecule has 1 aliphatic rings. The molecule has 0 saturated carbocycles. The highest BCUT2D eigenvalue weighted by Gasteiger charge is 2.25. The zero-order valence-corrected chi connectivity index (χ0v) is 11.8. The van der Waals surface area contributed by atoms with Gasteiger partial charge in [0.25, 0.3) is 0 Å². The van der Waals surface area contributed by atoms with Crippen LogP contribution < -0.4 is 4.90 Å². The molecule has 0 aromatic heterocycles. The number of carbonyl (C=O) groups is 2. The standard InChI is InChI=1S/C18H17NO2/c20-16(12-14-6-2-1-3-7-14)13-19-17-9-5-4-8-15(17)10-11-18(19)21/h1-9H,10-13H2. The Balaban J connectivity index is 1.75. The highest BCUT2D eigenvalue weighted by atomic mass is 16.2. The van der Waals surface area contributed by atoms with Crippen molar-refractivity contribution in [3.8, 4) is 0 Å². The first kappa shape index (κ1) is 13.6. The maximum atomic E-state index is 12.2. The highest BCUT2D eigenvalue weighted by Crippen LogP contribution is 2.27. The molecule has 3 nitrogen and oxygen atoms in total. The third-order valence-corrected chi connectivity index (χ3v) is 3.77. The van der Waals surface area contributed by atoms with Gasteiger partial charge in [-0.25, -0.2) is 0 Å². The molecular weight excluding hydrogens is 262 g/mol. The minimum Gasteiger partial charge on any atom is -0.305 e. The second kappa shape index (κ2) is 5.92. The number of hydrogen-bond acceptors (Lipinski definition) is 2. The fourth-order valence-electron chi connectivity index (χ4n) is 2.73. The molecule has 3 heteroatoms. The predicted molar refractivity (Wildman–Crippen MR) is 82.3 cm³/mol. The average Bonchev–Trinajstić information content (AvgIpc) is 2.51. The van der Waals surface area contributed by atoms with E-state index < -0.39 is 0 Å². The lowest BCUT2D eigenvalue weighted by atomic mass is 10.0. The molecule has 2 aromatic rings. The zero-order chi connectivity index (χ0) is 14.7. The minimum absolute atomic E-state index is 0.0371. The Morgan fingerprint density at radius 3 is 2.48 bits per heavy atom. The molecule has 21 heavy (non-hydrogen) atoms. The summed E-state index contributed by atoms with van der Waals surface area (Å²) in [7, 11) is 0. The highest BCUT2D eigenvalue weighted by molar-refractivity contribution is 6.01. The third kappa shape index (κ3) is 3.02. The number of Topliss-reactive ketones (excluding diaryl/α,β-unsaturated/α-hetero) is 1. The van der Waals surface area contributed by atoms with Gasteiger partial charge in [-0.1, -0.05) is 48.5 Å². The van der Waals surface area contributed by atoms with E-state index in [1.807, 2.05) is 54.6 Å². The topological polar surface area (TPSA) is 37.4 Å². The zero-order valence-electron chi connectivity index (χ0n) is 11.8. The van der Waals surface area contributed by atoms with Crippen LogP contribution in [0.25, 0.3) is 0 Å². The lowest BCUT2D eigenvalue weighted by Crippen LogP contribution is -2.39. The van der Waals surface area contributed by atoms with Gasteiger partial charge in [0.15, 0.2) is 5.78 Å². The van der Waals surface area contributed by atoms with E-state index in [-0.39, 0.29) is 18.2 Å². The monoisotopic (exact) mass is 279 g/mol. The Morgan fingerprint density at radius 1 is 0.952 bits per heavy atom. The maximum Gasteiger partial charge on any atom is 0.227 e. The molecule has 0 bridgehead atoms. The third-order valence-electron chi connectivity index (χ3n) is 3.77. The normalized spacial score (nSPS) is 13.9. The number of hydrogen-bond donors (Lipinski definition) is 0. The van der Waals surface area contributed by atoms with E-state index in [1.165, 1.54) is 0 Å². The molecule has 0 unspecified atom stereocenters.